The highest BCUT2D eigenvalue weighted by atomic mass is 79.9. The number of aliphatic carboxylic acids is 1. The van der Waals surface area contributed by atoms with Crippen LogP contribution < -0.4 is 0 Å². The third-order valence-corrected chi connectivity index (χ3v) is 2.46. The Bertz CT molecular complexity index is 457. The maximum Gasteiger partial charge on any atom is 0.416 e. The molecule has 0 unspecified atom stereocenters. The summed E-state index contributed by atoms with van der Waals surface area (Å²) < 4.78 is 50.0. The molecule has 0 aliphatic rings. The van der Waals surface area contributed by atoms with Crippen LogP contribution in [0, 0.1) is 5.82 Å². The standard InChI is InChI=1S/C10H5BrF4O2/c11-7-3-5(10(13,14)15)4-8(12)6(7)1-2-9(16)17/h1-4H,(H,16,17)/b2-1+. The van der Waals surface area contributed by atoms with Crippen LogP contribution in [0.5, 0.6) is 0 Å². The minimum Gasteiger partial charge on any atom is -0.478 e. The first kappa shape index (κ1) is 13.7. The normalized spacial score (nSPS) is 12.1. The molecule has 0 fully saturated rings. The van der Waals surface area contributed by atoms with Crippen LogP contribution in [0.25, 0.3) is 6.08 Å². The number of carbonyl (C=O) groups is 1. The Morgan fingerprint density at radius 2 is 1.94 bits per heavy atom. The van der Waals surface area contributed by atoms with Crippen molar-refractivity contribution in [3.8, 4) is 0 Å². The Kier molecular flexibility index (Phi) is 3.92. The third-order valence-electron chi connectivity index (χ3n) is 1.80. The Hall–Kier alpha value is -1.37. The molecule has 1 aromatic rings. The van der Waals surface area contributed by atoms with E-state index in [-0.39, 0.29) is 10.0 Å². The third kappa shape index (κ3) is 3.55. The van der Waals surface area contributed by atoms with E-state index in [1.807, 2.05) is 0 Å². The number of hydrogen-bond donors (Lipinski definition) is 1. The lowest BCUT2D eigenvalue weighted by atomic mass is 10.1. The highest BCUT2D eigenvalue weighted by Crippen LogP contribution is 2.34. The molecular formula is C10H5BrF4O2. The molecule has 0 aromatic heterocycles. The van der Waals surface area contributed by atoms with Gasteiger partial charge in [0, 0.05) is 16.1 Å². The van der Waals surface area contributed by atoms with Gasteiger partial charge in [-0.15, -0.1) is 0 Å². The maximum absolute atomic E-state index is 13.3. The zero-order valence-corrected chi connectivity index (χ0v) is 9.64. The number of rotatable bonds is 2. The van der Waals surface area contributed by atoms with Crippen LogP contribution in [0.4, 0.5) is 17.6 Å². The van der Waals surface area contributed by atoms with Crippen molar-refractivity contribution in [2.75, 3.05) is 0 Å². The number of alkyl halides is 3. The summed E-state index contributed by atoms with van der Waals surface area (Å²) in [4.78, 5) is 10.2. The van der Waals surface area contributed by atoms with Gasteiger partial charge in [0.1, 0.15) is 5.82 Å². The second-order valence-corrected chi connectivity index (χ2v) is 3.88. The molecule has 0 atom stereocenters. The average Bonchev–Trinajstić information content (AvgIpc) is 2.14. The molecule has 1 aromatic carbocycles. The monoisotopic (exact) mass is 312 g/mol. The van der Waals surface area contributed by atoms with Crippen molar-refractivity contribution < 1.29 is 27.5 Å². The predicted molar refractivity (Wildman–Crippen MR) is 55.8 cm³/mol. The Balaban J connectivity index is 3.25. The van der Waals surface area contributed by atoms with E-state index in [0.29, 0.717) is 18.2 Å². The van der Waals surface area contributed by atoms with Crippen molar-refractivity contribution in [3.63, 3.8) is 0 Å². The Morgan fingerprint density at radius 3 is 2.35 bits per heavy atom. The van der Waals surface area contributed by atoms with Crippen LogP contribution in [0.15, 0.2) is 22.7 Å². The molecular weight excluding hydrogens is 308 g/mol. The van der Waals surface area contributed by atoms with Gasteiger partial charge in [0.05, 0.1) is 5.56 Å². The largest absolute Gasteiger partial charge is 0.478 e. The molecule has 0 saturated heterocycles. The fourth-order valence-corrected chi connectivity index (χ4v) is 1.63. The number of hydrogen-bond acceptors (Lipinski definition) is 1. The summed E-state index contributed by atoms with van der Waals surface area (Å²) in [5.74, 6) is -2.47. The summed E-state index contributed by atoms with van der Waals surface area (Å²) in [5, 5.41) is 8.34. The van der Waals surface area contributed by atoms with Crippen molar-refractivity contribution in [2.24, 2.45) is 0 Å². The molecule has 1 rings (SSSR count). The van der Waals surface area contributed by atoms with Gasteiger partial charge in [-0.1, -0.05) is 15.9 Å². The molecule has 17 heavy (non-hydrogen) atoms. The van der Waals surface area contributed by atoms with E-state index in [1.165, 1.54) is 0 Å². The van der Waals surface area contributed by atoms with Gasteiger partial charge >= 0.3 is 12.1 Å². The summed E-state index contributed by atoms with van der Waals surface area (Å²) in [6, 6.07) is 0.997. The number of carboxylic acids is 1. The fourth-order valence-electron chi connectivity index (χ4n) is 1.06. The fraction of sp³-hybridized carbons (Fsp3) is 0.100. The quantitative estimate of drug-likeness (QED) is 0.668. The number of halogens is 5. The van der Waals surface area contributed by atoms with Crippen molar-refractivity contribution in [1.29, 1.82) is 0 Å². The van der Waals surface area contributed by atoms with E-state index in [4.69, 9.17) is 5.11 Å². The van der Waals surface area contributed by atoms with E-state index >= 15 is 0 Å². The van der Waals surface area contributed by atoms with E-state index in [2.05, 4.69) is 15.9 Å². The van der Waals surface area contributed by atoms with Crippen LogP contribution in [0.3, 0.4) is 0 Å². The van der Waals surface area contributed by atoms with Crippen molar-refractivity contribution in [3.05, 3.63) is 39.6 Å². The lowest BCUT2D eigenvalue weighted by Gasteiger charge is -2.09. The molecule has 0 aliphatic carbocycles. The molecule has 0 amide bonds. The number of carboxylic acid groups (broad SMARTS) is 1. The molecule has 1 N–H and O–H groups in total. The zero-order valence-electron chi connectivity index (χ0n) is 8.05. The topological polar surface area (TPSA) is 37.3 Å². The minimum atomic E-state index is -4.65. The van der Waals surface area contributed by atoms with Crippen LogP contribution in [0.2, 0.25) is 0 Å². The van der Waals surface area contributed by atoms with E-state index in [0.717, 1.165) is 6.08 Å². The molecule has 0 radical (unpaired) electrons. The molecule has 2 nitrogen and oxygen atoms in total. The molecule has 92 valence electrons. The van der Waals surface area contributed by atoms with Gasteiger partial charge in [-0.3, -0.25) is 0 Å². The van der Waals surface area contributed by atoms with Gasteiger partial charge in [-0.2, -0.15) is 13.2 Å². The van der Waals surface area contributed by atoms with E-state index in [9.17, 15) is 22.4 Å². The SMILES string of the molecule is O=C(O)/C=C/c1c(F)cc(C(F)(F)F)cc1Br. The summed E-state index contributed by atoms with van der Waals surface area (Å²) in [5.41, 5.74) is -1.39. The lowest BCUT2D eigenvalue weighted by Crippen LogP contribution is -2.06. The van der Waals surface area contributed by atoms with Gasteiger partial charge in [0.15, 0.2) is 0 Å². The second kappa shape index (κ2) is 4.87. The zero-order chi connectivity index (χ0) is 13.2. The van der Waals surface area contributed by atoms with Gasteiger partial charge < -0.3 is 5.11 Å². The summed E-state index contributed by atoms with van der Waals surface area (Å²) >= 11 is 2.76. The first-order chi connectivity index (χ1) is 7.71. The van der Waals surface area contributed by atoms with Crippen LogP contribution in [-0.4, -0.2) is 11.1 Å². The average molecular weight is 313 g/mol. The van der Waals surface area contributed by atoms with Crippen molar-refractivity contribution >= 4 is 28.0 Å². The van der Waals surface area contributed by atoms with E-state index < -0.39 is 23.5 Å². The molecule has 0 saturated carbocycles. The van der Waals surface area contributed by atoms with E-state index in [1.54, 1.807) is 0 Å². The molecule has 0 heterocycles. The summed E-state index contributed by atoms with van der Waals surface area (Å²) in [7, 11) is 0. The van der Waals surface area contributed by atoms with Crippen molar-refractivity contribution in [1.82, 2.24) is 0 Å². The smallest absolute Gasteiger partial charge is 0.416 e. The molecule has 0 spiro atoms. The molecule has 7 heteroatoms. The predicted octanol–water partition coefficient (Wildman–Crippen LogP) is 3.70. The summed E-state index contributed by atoms with van der Waals surface area (Å²) in [6.07, 6.45) is -3.14. The lowest BCUT2D eigenvalue weighted by molar-refractivity contribution is -0.138. The highest BCUT2D eigenvalue weighted by Gasteiger charge is 2.31. The Labute approximate surface area is 102 Å². The minimum absolute atomic E-state index is 0.165. The molecule has 0 bridgehead atoms. The number of benzene rings is 1. The van der Waals surface area contributed by atoms with Gasteiger partial charge in [0.2, 0.25) is 0 Å². The van der Waals surface area contributed by atoms with Gasteiger partial charge in [-0.05, 0) is 18.2 Å². The van der Waals surface area contributed by atoms with Crippen LogP contribution in [0.1, 0.15) is 11.1 Å². The van der Waals surface area contributed by atoms with Gasteiger partial charge in [-0.25, -0.2) is 9.18 Å². The Morgan fingerprint density at radius 1 is 1.35 bits per heavy atom. The van der Waals surface area contributed by atoms with Gasteiger partial charge in [0.25, 0.3) is 0 Å². The highest BCUT2D eigenvalue weighted by molar-refractivity contribution is 9.10. The maximum atomic E-state index is 13.3. The van der Waals surface area contributed by atoms with Crippen LogP contribution in [-0.2, 0) is 11.0 Å². The first-order valence-electron chi connectivity index (χ1n) is 4.19. The molecule has 0 aliphatic heterocycles. The van der Waals surface area contributed by atoms with Crippen molar-refractivity contribution in [2.45, 2.75) is 6.18 Å². The summed E-state index contributed by atoms with van der Waals surface area (Å²) in [6.45, 7) is 0. The first-order valence-corrected chi connectivity index (χ1v) is 4.98. The van der Waals surface area contributed by atoms with Crippen LogP contribution >= 0.6 is 15.9 Å². The second-order valence-electron chi connectivity index (χ2n) is 3.02.